The first kappa shape index (κ1) is 20.3. The fraction of sp³-hybridized carbons (Fsp3) is 0.273. The van der Waals surface area contributed by atoms with Gasteiger partial charge in [0.25, 0.3) is 5.91 Å². The maximum atomic E-state index is 12.9. The molecule has 0 radical (unpaired) electrons. The maximum Gasteiger partial charge on any atom is 0.305 e. The Morgan fingerprint density at radius 2 is 1.66 bits per heavy atom. The topological polar surface area (TPSA) is 88.3 Å². The Hall–Kier alpha value is -3.48. The zero-order valence-electron chi connectivity index (χ0n) is 16.7. The minimum Gasteiger partial charge on any atom is -0.481 e. The van der Waals surface area contributed by atoms with Gasteiger partial charge < -0.3 is 10.0 Å². The second kappa shape index (κ2) is 8.68. The summed E-state index contributed by atoms with van der Waals surface area (Å²) in [6, 6.07) is 17.8. The number of nitrogens with zero attached hydrogens (tertiary/aromatic N) is 4. The largest absolute Gasteiger partial charge is 0.481 e. The van der Waals surface area contributed by atoms with E-state index >= 15 is 0 Å². The van der Waals surface area contributed by atoms with Crippen LogP contribution in [0.1, 0.15) is 36.5 Å². The van der Waals surface area contributed by atoms with Gasteiger partial charge in [-0.05, 0) is 44.0 Å². The summed E-state index contributed by atoms with van der Waals surface area (Å²) in [7, 11) is 0. The van der Waals surface area contributed by atoms with E-state index in [1.165, 1.54) is 4.90 Å². The van der Waals surface area contributed by atoms with Crippen LogP contribution < -0.4 is 0 Å². The van der Waals surface area contributed by atoms with Crippen molar-refractivity contribution in [1.29, 1.82) is 0 Å². The molecule has 1 amide bonds. The van der Waals surface area contributed by atoms with Crippen LogP contribution in [0.25, 0.3) is 16.8 Å². The summed E-state index contributed by atoms with van der Waals surface area (Å²) in [6.07, 6.45) is -0.113. The molecule has 0 atom stereocenters. The molecule has 3 rings (SSSR count). The lowest BCUT2D eigenvalue weighted by atomic mass is 10.1. The second-order valence-electron chi connectivity index (χ2n) is 7.08. The van der Waals surface area contributed by atoms with Crippen LogP contribution in [0.4, 0.5) is 0 Å². The van der Waals surface area contributed by atoms with E-state index < -0.39 is 5.97 Å². The number of rotatable bonds is 7. The third-order valence-corrected chi connectivity index (χ3v) is 4.77. The van der Waals surface area contributed by atoms with E-state index in [4.69, 9.17) is 5.11 Å². The molecule has 1 heterocycles. The molecule has 0 saturated carbocycles. The molecule has 7 nitrogen and oxygen atoms in total. The number of benzene rings is 2. The van der Waals surface area contributed by atoms with Crippen LogP contribution in [0.2, 0.25) is 0 Å². The van der Waals surface area contributed by atoms with Crippen molar-refractivity contribution < 1.29 is 14.7 Å². The molecule has 1 N–H and O–H groups in total. The van der Waals surface area contributed by atoms with Gasteiger partial charge in [0.1, 0.15) is 0 Å². The Morgan fingerprint density at radius 3 is 2.24 bits per heavy atom. The minimum atomic E-state index is -0.942. The van der Waals surface area contributed by atoms with Crippen LogP contribution in [0.5, 0.6) is 0 Å². The quantitative estimate of drug-likeness (QED) is 0.664. The highest BCUT2D eigenvalue weighted by Gasteiger charge is 2.25. The molecule has 0 aliphatic heterocycles. The Bertz CT molecular complexity index is 995. The van der Waals surface area contributed by atoms with Gasteiger partial charge in [-0.15, -0.1) is 5.10 Å². The summed E-state index contributed by atoms with van der Waals surface area (Å²) in [5.74, 6) is -1.26. The van der Waals surface area contributed by atoms with Gasteiger partial charge in [0.15, 0.2) is 5.69 Å². The number of hydrogen-bond donors (Lipinski definition) is 1. The molecule has 0 bridgehead atoms. The molecule has 29 heavy (non-hydrogen) atoms. The Kier molecular flexibility index (Phi) is 6.07. The van der Waals surface area contributed by atoms with Crippen molar-refractivity contribution in [3.63, 3.8) is 0 Å². The van der Waals surface area contributed by atoms with Gasteiger partial charge in [-0.1, -0.05) is 47.7 Å². The average molecular weight is 392 g/mol. The molecule has 0 unspecified atom stereocenters. The SMILES string of the molecule is Cc1c(C(=O)N(CCC(=O)O)C(C)C)nnn1-c1ccc(-c2ccccc2)cc1. The minimum absolute atomic E-state index is 0.113. The third kappa shape index (κ3) is 4.51. The molecule has 0 aliphatic rings. The molecule has 150 valence electrons. The van der Waals surface area contributed by atoms with Gasteiger partial charge in [0.05, 0.1) is 17.8 Å². The predicted octanol–water partition coefficient (Wildman–Crippen LogP) is 3.57. The van der Waals surface area contributed by atoms with Crippen LogP contribution >= 0.6 is 0 Å². The second-order valence-corrected chi connectivity index (χ2v) is 7.08. The molecule has 2 aromatic carbocycles. The van der Waals surface area contributed by atoms with Crippen molar-refractivity contribution in [1.82, 2.24) is 19.9 Å². The fourth-order valence-corrected chi connectivity index (χ4v) is 3.14. The van der Waals surface area contributed by atoms with Crippen LogP contribution in [-0.4, -0.2) is 49.5 Å². The molecule has 0 aliphatic carbocycles. The molecule has 7 heteroatoms. The average Bonchev–Trinajstić information content (AvgIpc) is 3.09. The summed E-state index contributed by atoms with van der Waals surface area (Å²) in [5, 5.41) is 17.2. The van der Waals surface area contributed by atoms with Crippen molar-refractivity contribution in [3.05, 3.63) is 66.0 Å². The summed E-state index contributed by atoms with van der Waals surface area (Å²) < 4.78 is 1.62. The highest BCUT2D eigenvalue weighted by molar-refractivity contribution is 5.93. The zero-order chi connectivity index (χ0) is 21.0. The van der Waals surface area contributed by atoms with Gasteiger partial charge in [0.2, 0.25) is 0 Å². The van der Waals surface area contributed by atoms with Crippen molar-refractivity contribution in [2.45, 2.75) is 33.2 Å². The normalized spacial score (nSPS) is 10.9. The molecule has 0 spiro atoms. The molecular weight excluding hydrogens is 368 g/mol. The van der Waals surface area contributed by atoms with Crippen LogP contribution in [0, 0.1) is 6.92 Å². The number of carbonyl (C=O) groups is 2. The zero-order valence-corrected chi connectivity index (χ0v) is 16.7. The van der Waals surface area contributed by atoms with Crippen molar-refractivity contribution in [2.24, 2.45) is 0 Å². The van der Waals surface area contributed by atoms with Crippen LogP contribution in [-0.2, 0) is 4.79 Å². The number of aromatic nitrogens is 3. The first-order chi connectivity index (χ1) is 13.9. The predicted molar refractivity (Wildman–Crippen MR) is 110 cm³/mol. The fourth-order valence-electron chi connectivity index (χ4n) is 3.14. The molecule has 1 aromatic heterocycles. The standard InChI is InChI=1S/C22H24N4O3/c1-15(2)25(14-13-20(27)28)22(29)21-16(3)26(24-23-21)19-11-9-18(10-12-19)17-7-5-4-6-8-17/h4-12,15H,13-14H2,1-3H3,(H,27,28). The van der Waals surface area contributed by atoms with Crippen LogP contribution in [0.15, 0.2) is 54.6 Å². The van der Waals surface area contributed by atoms with E-state index in [1.54, 1.807) is 11.6 Å². The van der Waals surface area contributed by atoms with Crippen molar-refractivity contribution in [2.75, 3.05) is 6.54 Å². The Morgan fingerprint density at radius 1 is 1.03 bits per heavy atom. The summed E-state index contributed by atoms with van der Waals surface area (Å²) in [5.41, 5.74) is 3.86. The maximum absolute atomic E-state index is 12.9. The van der Waals surface area contributed by atoms with E-state index in [1.807, 2.05) is 68.4 Å². The molecule has 0 saturated heterocycles. The summed E-state index contributed by atoms with van der Waals surface area (Å²) in [4.78, 5) is 25.3. The lowest BCUT2D eigenvalue weighted by Crippen LogP contribution is -2.39. The van der Waals surface area contributed by atoms with E-state index in [9.17, 15) is 9.59 Å². The highest BCUT2D eigenvalue weighted by Crippen LogP contribution is 2.22. The van der Waals surface area contributed by atoms with Crippen molar-refractivity contribution in [3.8, 4) is 16.8 Å². The van der Waals surface area contributed by atoms with E-state index in [0.29, 0.717) is 5.69 Å². The van der Waals surface area contributed by atoms with Gasteiger partial charge in [0, 0.05) is 12.6 Å². The van der Waals surface area contributed by atoms with Gasteiger partial charge in [-0.25, -0.2) is 4.68 Å². The smallest absolute Gasteiger partial charge is 0.305 e. The number of amides is 1. The van der Waals surface area contributed by atoms with Crippen LogP contribution in [0.3, 0.4) is 0 Å². The van der Waals surface area contributed by atoms with Gasteiger partial charge in [-0.3, -0.25) is 9.59 Å². The molecular formula is C22H24N4O3. The number of carboxylic acid groups (broad SMARTS) is 1. The van der Waals surface area contributed by atoms with Crippen molar-refractivity contribution >= 4 is 11.9 Å². The third-order valence-electron chi connectivity index (χ3n) is 4.77. The number of carboxylic acids is 1. The van der Waals surface area contributed by atoms with E-state index in [2.05, 4.69) is 10.3 Å². The molecule has 3 aromatic rings. The Balaban J connectivity index is 1.85. The van der Waals surface area contributed by atoms with Gasteiger partial charge >= 0.3 is 5.97 Å². The highest BCUT2D eigenvalue weighted by atomic mass is 16.4. The molecule has 0 fully saturated rings. The first-order valence-electron chi connectivity index (χ1n) is 9.49. The monoisotopic (exact) mass is 392 g/mol. The lowest BCUT2D eigenvalue weighted by molar-refractivity contribution is -0.137. The lowest BCUT2D eigenvalue weighted by Gasteiger charge is -2.25. The van der Waals surface area contributed by atoms with Gasteiger partial charge in [-0.2, -0.15) is 0 Å². The number of carbonyl (C=O) groups excluding carboxylic acids is 1. The summed E-state index contributed by atoms with van der Waals surface area (Å²) in [6.45, 7) is 5.61. The Labute approximate surface area is 169 Å². The first-order valence-corrected chi connectivity index (χ1v) is 9.49. The summed E-state index contributed by atoms with van der Waals surface area (Å²) >= 11 is 0. The number of aliphatic carboxylic acids is 1. The van der Waals surface area contributed by atoms with E-state index in [0.717, 1.165) is 16.8 Å². The number of hydrogen-bond acceptors (Lipinski definition) is 4. The van der Waals surface area contributed by atoms with E-state index in [-0.39, 0.29) is 30.6 Å².